The number of benzene rings is 3. The smallest absolute Gasteiger partial charge is 0.407 e. The molecule has 0 unspecified atom stereocenters. The third kappa shape index (κ3) is 6.06. The van der Waals surface area contributed by atoms with Crippen LogP contribution >= 0.6 is 0 Å². The summed E-state index contributed by atoms with van der Waals surface area (Å²) >= 11 is 0. The minimum absolute atomic E-state index is 0.000114. The second-order valence-corrected chi connectivity index (χ2v) is 8.45. The van der Waals surface area contributed by atoms with Crippen LogP contribution in [-0.2, 0) is 20.7 Å². The lowest BCUT2D eigenvalue weighted by molar-refractivity contribution is -0.137. The molecule has 0 saturated carbocycles. The topological polar surface area (TPSA) is 105 Å². The number of carbonyl (C=O) groups is 3. The first-order chi connectivity index (χ1) is 17.0. The Balaban J connectivity index is 1.20. The van der Waals surface area contributed by atoms with Crippen LogP contribution in [0.5, 0.6) is 0 Å². The van der Waals surface area contributed by atoms with Crippen molar-refractivity contribution in [2.75, 3.05) is 18.5 Å². The maximum Gasteiger partial charge on any atom is 0.407 e. The van der Waals surface area contributed by atoms with E-state index in [4.69, 9.17) is 9.84 Å². The minimum atomic E-state index is -0.884. The number of hydrogen-bond donors (Lipinski definition) is 3. The molecule has 1 aliphatic carbocycles. The Morgan fingerprint density at radius 3 is 2.14 bits per heavy atom. The second kappa shape index (κ2) is 11.3. The van der Waals surface area contributed by atoms with Crippen LogP contribution in [-0.4, -0.2) is 36.2 Å². The summed E-state index contributed by atoms with van der Waals surface area (Å²) in [4.78, 5) is 35.4. The highest BCUT2D eigenvalue weighted by Gasteiger charge is 2.28. The van der Waals surface area contributed by atoms with E-state index in [1.807, 2.05) is 30.3 Å². The van der Waals surface area contributed by atoms with Crippen LogP contribution in [0.4, 0.5) is 10.5 Å². The van der Waals surface area contributed by atoms with Gasteiger partial charge in [-0.05, 0) is 46.7 Å². The maximum absolute atomic E-state index is 12.3. The van der Waals surface area contributed by atoms with Crippen molar-refractivity contribution in [2.45, 2.75) is 31.6 Å². The van der Waals surface area contributed by atoms with Crippen LogP contribution in [0.25, 0.3) is 11.1 Å². The lowest BCUT2D eigenvalue weighted by Gasteiger charge is -2.14. The molecule has 1 aliphatic rings. The molecule has 180 valence electrons. The Bertz CT molecular complexity index is 1180. The van der Waals surface area contributed by atoms with E-state index in [1.165, 1.54) is 11.1 Å². The van der Waals surface area contributed by atoms with Crippen LogP contribution in [0.3, 0.4) is 0 Å². The molecule has 0 spiro atoms. The molecule has 4 rings (SSSR count). The standard InChI is InChI=1S/C28H28N2O5/c31-26(30-25-13-6-1-8-19(25)15-16-27(32)33)14-7-17-29-28(34)35-18-24-22-11-4-2-9-20(22)21-10-3-5-12-23(21)24/h1-6,8-13,24H,7,14-18H2,(H,29,34)(H,30,31)(H,32,33). The molecule has 0 heterocycles. The fourth-order valence-corrected chi connectivity index (χ4v) is 4.40. The monoisotopic (exact) mass is 472 g/mol. The van der Waals surface area contributed by atoms with E-state index >= 15 is 0 Å². The summed E-state index contributed by atoms with van der Waals surface area (Å²) < 4.78 is 5.51. The van der Waals surface area contributed by atoms with E-state index in [-0.39, 0.29) is 31.3 Å². The van der Waals surface area contributed by atoms with Crippen molar-refractivity contribution in [2.24, 2.45) is 0 Å². The Kier molecular flexibility index (Phi) is 7.77. The van der Waals surface area contributed by atoms with Gasteiger partial charge in [-0.25, -0.2) is 4.79 Å². The molecule has 0 aromatic heterocycles. The molecule has 7 nitrogen and oxygen atoms in total. The summed E-state index contributed by atoms with van der Waals surface area (Å²) in [6.45, 7) is 0.554. The average molecular weight is 473 g/mol. The number of amides is 2. The number of anilines is 1. The number of carboxylic acid groups (broad SMARTS) is 1. The Morgan fingerprint density at radius 2 is 1.46 bits per heavy atom. The number of carboxylic acids is 1. The predicted molar refractivity (Wildman–Crippen MR) is 133 cm³/mol. The first-order valence-corrected chi connectivity index (χ1v) is 11.7. The molecule has 3 N–H and O–H groups in total. The highest BCUT2D eigenvalue weighted by Crippen LogP contribution is 2.44. The minimum Gasteiger partial charge on any atom is -0.481 e. The summed E-state index contributed by atoms with van der Waals surface area (Å²) in [6.07, 6.45) is 0.502. The molecule has 2 amide bonds. The van der Waals surface area contributed by atoms with E-state index in [1.54, 1.807) is 18.2 Å². The number of para-hydroxylation sites is 1. The number of aliphatic carboxylic acids is 1. The molecular weight excluding hydrogens is 444 g/mol. The van der Waals surface area contributed by atoms with Crippen LogP contribution in [0.15, 0.2) is 72.8 Å². The SMILES string of the molecule is O=C(O)CCc1ccccc1NC(=O)CCCNC(=O)OCC1c2ccccc2-c2ccccc21. The number of rotatable bonds is 10. The van der Waals surface area contributed by atoms with Gasteiger partial charge in [0.1, 0.15) is 6.61 Å². The number of fused-ring (bicyclic) bond motifs is 3. The van der Waals surface area contributed by atoms with Gasteiger partial charge in [0, 0.05) is 31.0 Å². The number of hydrogen-bond acceptors (Lipinski definition) is 4. The van der Waals surface area contributed by atoms with Gasteiger partial charge < -0.3 is 20.5 Å². The van der Waals surface area contributed by atoms with E-state index in [2.05, 4.69) is 34.9 Å². The molecule has 35 heavy (non-hydrogen) atoms. The molecule has 0 saturated heterocycles. The first-order valence-electron chi connectivity index (χ1n) is 11.7. The quantitative estimate of drug-likeness (QED) is 0.362. The van der Waals surface area contributed by atoms with Gasteiger partial charge in [-0.15, -0.1) is 0 Å². The molecular formula is C28H28N2O5. The Labute approximate surface area is 204 Å². The fourth-order valence-electron chi connectivity index (χ4n) is 4.40. The summed E-state index contributed by atoms with van der Waals surface area (Å²) in [5.41, 5.74) is 6.05. The van der Waals surface area contributed by atoms with Gasteiger partial charge in [0.25, 0.3) is 0 Å². The van der Waals surface area contributed by atoms with Crippen molar-refractivity contribution in [3.05, 3.63) is 89.5 Å². The zero-order valence-electron chi connectivity index (χ0n) is 19.3. The highest BCUT2D eigenvalue weighted by molar-refractivity contribution is 5.91. The summed E-state index contributed by atoms with van der Waals surface area (Å²) in [5, 5.41) is 14.4. The Hall–Kier alpha value is -4.13. The van der Waals surface area contributed by atoms with Gasteiger partial charge in [0.05, 0.1) is 0 Å². The van der Waals surface area contributed by atoms with Crippen molar-refractivity contribution in [3.63, 3.8) is 0 Å². The van der Waals surface area contributed by atoms with E-state index in [0.717, 1.165) is 16.7 Å². The fraction of sp³-hybridized carbons (Fsp3) is 0.250. The summed E-state index contributed by atoms with van der Waals surface area (Å²) in [7, 11) is 0. The van der Waals surface area contributed by atoms with Crippen molar-refractivity contribution in [1.29, 1.82) is 0 Å². The Morgan fingerprint density at radius 1 is 0.829 bits per heavy atom. The van der Waals surface area contributed by atoms with Gasteiger partial charge in [-0.2, -0.15) is 0 Å². The zero-order valence-corrected chi connectivity index (χ0v) is 19.3. The van der Waals surface area contributed by atoms with Crippen LogP contribution < -0.4 is 10.6 Å². The van der Waals surface area contributed by atoms with Crippen molar-refractivity contribution >= 4 is 23.7 Å². The number of nitrogens with one attached hydrogen (secondary N) is 2. The molecule has 0 bridgehead atoms. The molecule has 0 radical (unpaired) electrons. The zero-order chi connectivity index (χ0) is 24.6. The van der Waals surface area contributed by atoms with Crippen LogP contribution in [0, 0.1) is 0 Å². The molecule has 0 fully saturated rings. The number of carbonyl (C=O) groups excluding carboxylic acids is 2. The van der Waals surface area contributed by atoms with Crippen molar-refractivity contribution < 1.29 is 24.2 Å². The first kappa shape index (κ1) is 24.0. The van der Waals surface area contributed by atoms with Crippen LogP contribution in [0.1, 0.15) is 41.9 Å². The third-order valence-electron chi connectivity index (χ3n) is 6.09. The van der Waals surface area contributed by atoms with E-state index in [0.29, 0.717) is 25.1 Å². The number of aryl methyl sites for hydroxylation is 1. The van der Waals surface area contributed by atoms with Gasteiger partial charge in [-0.3, -0.25) is 9.59 Å². The molecule has 3 aromatic rings. The number of ether oxygens (including phenoxy) is 1. The maximum atomic E-state index is 12.3. The lowest BCUT2D eigenvalue weighted by atomic mass is 9.98. The average Bonchev–Trinajstić information content (AvgIpc) is 3.18. The summed E-state index contributed by atoms with van der Waals surface area (Å²) in [6, 6.07) is 23.5. The van der Waals surface area contributed by atoms with Crippen molar-refractivity contribution in [3.8, 4) is 11.1 Å². The second-order valence-electron chi connectivity index (χ2n) is 8.45. The van der Waals surface area contributed by atoms with Gasteiger partial charge in [0.2, 0.25) is 5.91 Å². The number of alkyl carbamates (subject to hydrolysis) is 1. The van der Waals surface area contributed by atoms with E-state index < -0.39 is 12.1 Å². The molecule has 7 heteroatoms. The molecule has 0 aliphatic heterocycles. The lowest BCUT2D eigenvalue weighted by Crippen LogP contribution is -2.27. The molecule has 3 aromatic carbocycles. The van der Waals surface area contributed by atoms with Crippen molar-refractivity contribution in [1.82, 2.24) is 5.32 Å². The third-order valence-corrected chi connectivity index (χ3v) is 6.09. The van der Waals surface area contributed by atoms with Gasteiger partial charge >= 0.3 is 12.1 Å². The van der Waals surface area contributed by atoms with Crippen LogP contribution in [0.2, 0.25) is 0 Å². The summed E-state index contributed by atoms with van der Waals surface area (Å²) in [5.74, 6) is -1.08. The highest BCUT2D eigenvalue weighted by atomic mass is 16.5. The largest absolute Gasteiger partial charge is 0.481 e. The van der Waals surface area contributed by atoms with Gasteiger partial charge in [0.15, 0.2) is 0 Å². The van der Waals surface area contributed by atoms with Gasteiger partial charge in [-0.1, -0.05) is 66.7 Å². The normalized spacial score (nSPS) is 11.9. The van der Waals surface area contributed by atoms with E-state index in [9.17, 15) is 14.4 Å². The molecule has 0 atom stereocenters. The predicted octanol–water partition coefficient (Wildman–Crippen LogP) is 4.96.